The van der Waals surface area contributed by atoms with Gasteiger partial charge in [0.25, 0.3) is 0 Å². The molecule has 2 N–H and O–H groups in total. The third-order valence-corrected chi connectivity index (χ3v) is 7.19. The molecule has 0 fully saturated rings. The maximum atomic E-state index is 13.5. The minimum atomic E-state index is -4.95. The standard InChI is InChI=1S/C31H34F6N4O2/c1-5-24-15-25(38-17-21-12-22(30(32,33)34)14-23(13-21)31(35,36)37)27-26(41(24)29(42)43-18(2)3)11-19(4)28(40-27)39-16-20-9-7-6-8-10-20/h6-14,18,24-25,38H,5,15-17H2,1-4H3,(H,39,40). The molecule has 232 valence electrons. The number of nitrogens with zero attached hydrogens (tertiary/aromatic N) is 2. The van der Waals surface area contributed by atoms with Crippen LogP contribution in [0.4, 0.5) is 42.6 Å². The van der Waals surface area contributed by atoms with Crippen molar-refractivity contribution in [3.63, 3.8) is 0 Å². The van der Waals surface area contributed by atoms with Gasteiger partial charge in [0, 0.05) is 19.1 Å². The molecule has 6 nitrogen and oxygen atoms in total. The zero-order chi connectivity index (χ0) is 31.5. The fourth-order valence-electron chi connectivity index (χ4n) is 5.11. The van der Waals surface area contributed by atoms with Crippen molar-refractivity contribution in [2.45, 2.75) is 84.2 Å². The lowest BCUT2D eigenvalue weighted by molar-refractivity contribution is -0.143. The van der Waals surface area contributed by atoms with E-state index < -0.39 is 35.6 Å². The van der Waals surface area contributed by atoms with Gasteiger partial charge in [-0.3, -0.25) is 4.90 Å². The number of anilines is 2. The molecule has 0 saturated carbocycles. The highest BCUT2D eigenvalue weighted by atomic mass is 19.4. The van der Waals surface area contributed by atoms with Gasteiger partial charge in [-0.25, -0.2) is 9.78 Å². The topological polar surface area (TPSA) is 66.5 Å². The van der Waals surface area contributed by atoms with Crippen LogP contribution in [-0.2, 0) is 30.2 Å². The number of hydrogen-bond donors (Lipinski definition) is 2. The van der Waals surface area contributed by atoms with Gasteiger partial charge in [-0.2, -0.15) is 26.3 Å². The van der Waals surface area contributed by atoms with E-state index in [1.54, 1.807) is 24.8 Å². The Bertz CT molecular complexity index is 1390. The summed E-state index contributed by atoms with van der Waals surface area (Å²) in [6, 6.07) is 12.0. The Labute approximate surface area is 246 Å². The SMILES string of the molecule is CCC1CC(NCc2cc(C(F)(F)F)cc(C(F)(F)F)c2)c2nc(NCc3ccccc3)c(C)cc2N1C(=O)OC(C)C. The normalized spacial score (nSPS) is 17.1. The first kappa shape index (κ1) is 32.1. The van der Waals surface area contributed by atoms with Crippen LogP contribution in [0.2, 0.25) is 0 Å². The molecule has 0 saturated heterocycles. The van der Waals surface area contributed by atoms with E-state index in [0.717, 1.165) is 11.1 Å². The van der Waals surface area contributed by atoms with Crippen molar-refractivity contribution in [1.82, 2.24) is 10.3 Å². The van der Waals surface area contributed by atoms with E-state index >= 15 is 0 Å². The molecule has 1 aromatic heterocycles. The quantitative estimate of drug-likeness (QED) is 0.252. The second-order valence-corrected chi connectivity index (χ2v) is 10.8. The smallest absolute Gasteiger partial charge is 0.416 e. The molecule has 0 spiro atoms. The highest BCUT2D eigenvalue weighted by Gasteiger charge is 2.39. The zero-order valence-electron chi connectivity index (χ0n) is 24.2. The molecule has 1 aliphatic heterocycles. The van der Waals surface area contributed by atoms with Gasteiger partial charge in [0.05, 0.1) is 34.7 Å². The number of ether oxygens (including phenoxy) is 1. The number of rotatable bonds is 8. The summed E-state index contributed by atoms with van der Waals surface area (Å²) in [4.78, 5) is 19.6. The zero-order valence-corrected chi connectivity index (χ0v) is 24.2. The first-order chi connectivity index (χ1) is 20.2. The Balaban J connectivity index is 1.71. The van der Waals surface area contributed by atoms with E-state index in [9.17, 15) is 31.1 Å². The maximum absolute atomic E-state index is 13.5. The average Bonchev–Trinajstić information content (AvgIpc) is 2.93. The average molecular weight is 609 g/mol. The number of amides is 1. The van der Waals surface area contributed by atoms with Gasteiger partial charge in [0.15, 0.2) is 0 Å². The van der Waals surface area contributed by atoms with Crippen LogP contribution in [0.3, 0.4) is 0 Å². The molecule has 2 atom stereocenters. The summed E-state index contributed by atoms with van der Waals surface area (Å²) in [6.45, 7) is 7.38. The van der Waals surface area contributed by atoms with Crippen LogP contribution in [-0.4, -0.2) is 23.2 Å². The van der Waals surface area contributed by atoms with Crippen molar-refractivity contribution in [2.75, 3.05) is 10.2 Å². The minimum Gasteiger partial charge on any atom is -0.446 e. The predicted octanol–water partition coefficient (Wildman–Crippen LogP) is 8.40. The number of hydrogen-bond acceptors (Lipinski definition) is 5. The lowest BCUT2D eigenvalue weighted by atomic mass is 9.92. The van der Waals surface area contributed by atoms with Crippen LogP contribution in [0.15, 0.2) is 54.6 Å². The number of aromatic nitrogens is 1. The summed E-state index contributed by atoms with van der Waals surface area (Å²) >= 11 is 0. The van der Waals surface area contributed by atoms with Crippen molar-refractivity contribution in [2.24, 2.45) is 0 Å². The molecule has 12 heteroatoms. The van der Waals surface area contributed by atoms with Crippen molar-refractivity contribution in [3.8, 4) is 0 Å². The molecule has 2 unspecified atom stereocenters. The van der Waals surface area contributed by atoms with E-state index in [1.165, 1.54) is 0 Å². The third-order valence-electron chi connectivity index (χ3n) is 7.19. The fraction of sp³-hybridized carbons (Fsp3) is 0.419. The fourth-order valence-corrected chi connectivity index (χ4v) is 5.11. The molecule has 0 radical (unpaired) electrons. The van der Waals surface area contributed by atoms with Gasteiger partial charge in [-0.15, -0.1) is 0 Å². The van der Waals surface area contributed by atoms with E-state index in [1.807, 2.05) is 44.2 Å². The number of nitrogens with one attached hydrogen (secondary N) is 2. The number of halogens is 6. The number of carbonyl (C=O) groups is 1. The van der Waals surface area contributed by atoms with Gasteiger partial charge in [0.2, 0.25) is 0 Å². The Morgan fingerprint density at radius 1 is 0.977 bits per heavy atom. The predicted molar refractivity (Wildman–Crippen MR) is 152 cm³/mol. The second kappa shape index (κ2) is 12.8. The minimum absolute atomic E-state index is 0.111. The summed E-state index contributed by atoms with van der Waals surface area (Å²) in [7, 11) is 0. The Kier molecular flexibility index (Phi) is 9.58. The van der Waals surface area contributed by atoms with Gasteiger partial charge >= 0.3 is 18.4 Å². The Morgan fingerprint density at radius 3 is 2.16 bits per heavy atom. The van der Waals surface area contributed by atoms with E-state index in [-0.39, 0.29) is 30.3 Å². The van der Waals surface area contributed by atoms with Crippen LogP contribution in [0, 0.1) is 6.92 Å². The highest BCUT2D eigenvalue weighted by molar-refractivity contribution is 5.90. The van der Waals surface area contributed by atoms with Crippen LogP contribution in [0.5, 0.6) is 0 Å². The first-order valence-electron chi connectivity index (χ1n) is 14.0. The molecule has 4 rings (SSSR count). The summed E-state index contributed by atoms with van der Waals surface area (Å²) in [5, 5.41) is 6.43. The van der Waals surface area contributed by atoms with E-state index in [0.29, 0.717) is 48.7 Å². The highest BCUT2D eigenvalue weighted by Crippen LogP contribution is 2.41. The molecule has 43 heavy (non-hydrogen) atoms. The second-order valence-electron chi connectivity index (χ2n) is 10.8. The van der Waals surface area contributed by atoms with Gasteiger partial charge < -0.3 is 15.4 Å². The maximum Gasteiger partial charge on any atom is 0.416 e. The van der Waals surface area contributed by atoms with Crippen LogP contribution < -0.4 is 15.5 Å². The Hall–Kier alpha value is -3.80. The number of pyridine rings is 1. The van der Waals surface area contributed by atoms with Crippen LogP contribution in [0.1, 0.15) is 73.2 Å². The molecule has 2 aromatic carbocycles. The van der Waals surface area contributed by atoms with Gasteiger partial charge in [-0.05, 0) is 74.6 Å². The lowest BCUT2D eigenvalue weighted by Crippen LogP contribution is -2.48. The molecule has 0 bridgehead atoms. The lowest BCUT2D eigenvalue weighted by Gasteiger charge is -2.40. The van der Waals surface area contributed by atoms with Crippen molar-refractivity contribution < 1.29 is 35.9 Å². The molecule has 1 amide bonds. The van der Waals surface area contributed by atoms with Crippen LogP contribution >= 0.6 is 0 Å². The van der Waals surface area contributed by atoms with E-state index in [2.05, 4.69) is 10.6 Å². The third kappa shape index (κ3) is 7.78. The van der Waals surface area contributed by atoms with Gasteiger partial charge in [0.1, 0.15) is 5.82 Å². The largest absolute Gasteiger partial charge is 0.446 e. The summed E-state index contributed by atoms with van der Waals surface area (Å²) in [5.74, 6) is 0.542. The van der Waals surface area contributed by atoms with Crippen LogP contribution in [0.25, 0.3) is 0 Å². The monoisotopic (exact) mass is 608 g/mol. The summed E-state index contributed by atoms with van der Waals surface area (Å²) in [5.41, 5.74) is -0.252. The molecule has 0 aliphatic carbocycles. The first-order valence-corrected chi connectivity index (χ1v) is 14.0. The molecule has 2 heterocycles. The summed E-state index contributed by atoms with van der Waals surface area (Å²) < 4.78 is 86.3. The number of carbonyl (C=O) groups excluding carboxylic acids is 1. The summed E-state index contributed by atoms with van der Waals surface area (Å²) in [6.07, 6.45) is -9.99. The number of fused-ring (bicyclic) bond motifs is 1. The number of benzene rings is 2. The number of alkyl halides is 6. The molecular formula is C31H34F6N4O2. The Morgan fingerprint density at radius 2 is 1.60 bits per heavy atom. The molecule has 3 aromatic rings. The van der Waals surface area contributed by atoms with Crippen molar-refractivity contribution >= 4 is 17.6 Å². The van der Waals surface area contributed by atoms with E-state index in [4.69, 9.17) is 9.72 Å². The molecule has 1 aliphatic rings. The van der Waals surface area contributed by atoms with Gasteiger partial charge in [-0.1, -0.05) is 37.3 Å². The number of aryl methyl sites for hydroxylation is 1. The van der Waals surface area contributed by atoms with Crippen molar-refractivity contribution in [1.29, 1.82) is 0 Å². The molecular weight excluding hydrogens is 574 g/mol. The van der Waals surface area contributed by atoms with Crippen molar-refractivity contribution in [3.05, 3.63) is 88.1 Å².